The Balaban J connectivity index is 1.16. The molecule has 15 nitrogen and oxygen atoms in total. The minimum absolute atomic E-state index is 0.0795. The van der Waals surface area contributed by atoms with Crippen molar-refractivity contribution in [3.8, 4) is 39.3 Å². The van der Waals surface area contributed by atoms with Crippen molar-refractivity contribution < 1.29 is 49.8 Å². The number of phenolic OH excluding ortho intramolecular Hbond substituents is 1. The van der Waals surface area contributed by atoms with Gasteiger partial charge in [-0.1, -0.05) is 96.2 Å². The maximum atomic E-state index is 12.8. The largest absolute Gasteiger partial charge is 0.545 e. The summed E-state index contributed by atoms with van der Waals surface area (Å²) < 4.78 is 6.75. The van der Waals surface area contributed by atoms with E-state index in [1.165, 1.54) is 6.20 Å². The second-order valence-electron chi connectivity index (χ2n) is 13.0. The van der Waals surface area contributed by atoms with Gasteiger partial charge in [-0.2, -0.15) is 0 Å². The van der Waals surface area contributed by atoms with Crippen LogP contribution in [0.15, 0.2) is 109 Å². The Morgan fingerprint density at radius 2 is 1.43 bits per heavy atom. The number of nitrogens with zero attached hydrogens (tertiary/aromatic N) is 3. The highest BCUT2D eigenvalue weighted by Gasteiger charge is 2.53. The number of carboxylic acids is 1. The highest BCUT2D eigenvalue weighted by Crippen LogP contribution is 2.36. The van der Waals surface area contributed by atoms with Crippen molar-refractivity contribution in [2.45, 2.75) is 49.0 Å². The number of carbonyl (C=O) groups is 3. The summed E-state index contributed by atoms with van der Waals surface area (Å²) in [5.41, 5.74) is 2.55. The molecule has 1 fully saturated rings. The lowest BCUT2D eigenvalue weighted by Gasteiger charge is -2.49. The van der Waals surface area contributed by atoms with Crippen LogP contribution in [0.25, 0.3) is 33.5 Å². The molecule has 0 aliphatic carbocycles. The predicted octanol–water partition coefficient (Wildman–Crippen LogP) is 0.0950. The molecule has 54 heavy (non-hydrogen) atoms. The van der Waals surface area contributed by atoms with Crippen molar-refractivity contribution in [3.63, 3.8) is 0 Å². The van der Waals surface area contributed by atoms with Gasteiger partial charge in [0.1, 0.15) is 30.3 Å². The average molecular weight is 737 g/mol. The summed E-state index contributed by atoms with van der Waals surface area (Å²) in [5.74, 6) is -3.20. The maximum absolute atomic E-state index is 12.8. The summed E-state index contributed by atoms with van der Waals surface area (Å²) in [7, 11) is 0. The molecule has 1 aromatic heterocycles. The number of benzene rings is 4. The summed E-state index contributed by atoms with van der Waals surface area (Å²) in [6.07, 6.45) is -6.88. The third-order valence-electron chi connectivity index (χ3n) is 9.29. The summed E-state index contributed by atoms with van der Waals surface area (Å²) in [4.78, 5) is 37.8. The number of nitrogens with one attached hydrogen (secondary N) is 2. The Bertz CT molecular complexity index is 2060. The molecule has 15 heteroatoms. The summed E-state index contributed by atoms with van der Waals surface area (Å²) >= 11 is 0. The first kappa shape index (κ1) is 37.8. The smallest absolute Gasteiger partial charge is 0.246 e. The van der Waals surface area contributed by atoms with E-state index in [-0.39, 0.29) is 17.9 Å². The normalized spacial score (nSPS) is 20.8. The Kier molecular flexibility index (Phi) is 11.4. The van der Waals surface area contributed by atoms with Crippen molar-refractivity contribution in [2.24, 2.45) is 0 Å². The first-order chi connectivity index (χ1) is 26.0. The van der Waals surface area contributed by atoms with Gasteiger partial charge in [0.25, 0.3) is 0 Å². The van der Waals surface area contributed by atoms with Gasteiger partial charge in [-0.25, -0.2) is 4.68 Å². The highest BCUT2D eigenvalue weighted by atomic mass is 16.6. The van der Waals surface area contributed by atoms with Gasteiger partial charge in [0.05, 0.1) is 36.8 Å². The van der Waals surface area contributed by atoms with Crippen LogP contribution in [-0.4, -0.2) is 102 Å². The maximum Gasteiger partial charge on any atom is 0.246 e. The van der Waals surface area contributed by atoms with Crippen LogP contribution in [0.1, 0.15) is 12.0 Å². The number of amides is 2. The number of aliphatic hydroxyl groups is 4. The van der Waals surface area contributed by atoms with Crippen LogP contribution in [0.3, 0.4) is 0 Å². The number of carbonyl (C=O) groups excluding carboxylic acids is 3. The molecule has 0 unspecified atom stereocenters. The van der Waals surface area contributed by atoms with Crippen LogP contribution in [0, 0.1) is 0 Å². The zero-order chi connectivity index (χ0) is 38.4. The molecule has 4 aromatic carbocycles. The van der Waals surface area contributed by atoms with Crippen molar-refractivity contribution in [1.29, 1.82) is 0 Å². The fourth-order valence-electron chi connectivity index (χ4n) is 6.35. The number of carboxylic acid groups (broad SMARTS) is 1. The van der Waals surface area contributed by atoms with E-state index in [4.69, 9.17) is 4.74 Å². The highest BCUT2D eigenvalue weighted by molar-refractivity contribution is 5.79. The van der Waals surface area contributed by atoms with Crippen molar-refractivity contribution >= 4 is 17.8 Å². The number of hydrogen-bond acceptors (Lipinski definition) is 12. The molecule has 1 aliphatic heterocycles. The van der Waals surface area contributed by atoms with E-state index in [1.54, 1.807) is 48.5 Å². The molecule has 7 N–H and O–H groups in total. The quantitative estimate of drug-likeness (QED) is 0.0852. The van der Waals surface area contributed by atoms with Gasteiger partial charge in [-0.05, 0) is 39.9 Å². The minimum atomic E-state index is -2.57. The first-order valence-corrected chi connectivity index (χ1v) is 17.0. The van der Waals surface area contributed by atoms with Gasteiger partial charge in [0, 0.05) is 18.5 Å². The van der Waals surface area contributed by atoms with E-state index >= 15 is 0 Å². The van der Waals surface area contributed by atoms with Crippen LogP contribution in [0.5, 0.6) is 5.75 Å². The number of aliphatic carboxylic acids is 1. The Labute approximate surface area is 309 Å². The molecule has 280 valence electrons. The Hall–Kier alpha value is -5.97. The fraction of sp³-hybridized carbons (Fsp3) is 0.256. The molecule has 2 amide bonds. The molecular weight excluding hydrogens is 698 g/mol. The minimum Gasteiger partial charge on any atom is -0.545 e. The molecule has 0 saturated carbocycles. The lowest BCUT2D eigenvalue weighted by atomic mass is 9.87. The van der Waals surface area contributed by atoms with Gasteiger partial charge in [0.2, 0.25) is 17.5 Å². The van der Waals surface area contributed by atoms with Crippen molar-refractivity contribution in [1.82, 2.24) is 25.6 Å². The summed E-state index contributed by atoms with van der Waals surface area (Å²) in [6, 6.07) is 29.1. The van der Waals surface area contributed by atoms with Gasteiger partial charge >= 0.3 is 0 Å². The van der Waals surface area contributed by atoms with E-state index in [9.17, 15) is 45.0 Å². The summed E-state index contributed by atoms with van der Waals surface area (Å²) in [6.45, 7) is -1.52. The molecule has 6 rings (SSSR count). The predicted molar refractivity (Wildman–Crippen MR) is 191 cm³/mol. The molecule has 1 aliphatic rings. The van der Waals surface area contributed by atoms with Gasteiger partial charge in [-0.15, -0.1) is 5.10 Å². The lowest BCUT2D eigenvalue weighted by molar-refractivity contribution is -0.355. The van der Waals surface area contributed by atoms with Crippen LogP contribution >= 0.6 is 0 Å². The number of hydrogen-bond donors (Lipinski definition) is 7. The fourth-order valence-corrected chi connectivity index (χ4v) is 6.35. The lowest BCUT2D eigenvalue weighted by Crippen LogP contribution is -2.69. The number of aliphatic hydroxyl groups excluding tert-OH is 4. The zero-order valence-electron chi connectivity index (χ0n) is 28.7. The second-order valence-corrected chi connectivity index (χ2v) is 13.0. The molecule has 2 heterocycles. The number of rotatable bonds is 13. The molecule has 1 saturated heterocycles. The Morgan fingerprint density at radius 3 is 2.04 bits per heavy atom. The van der Waals surface area contributed by atoms with Crippen molar-refractivity contribution in [3.05, 3.63) is 115 Å². The zero-order valence-corrected chi connectivity index (χ0v) is 28.7. The first-order valence-electron chi connectivity index (χ1n) is 17.0. The van der Waals surface area contributed by atoms with E-state index in [0.29, 0.717) is 11.1 Å². The van der Waals surface area contributed by atoms with E-state index in [2.05, 4.69) is 20.9 Å². The molecule has 0 radical (unpaired) electrons. The van der Waals surface area contributed by atoms with Crippen LogP contribution in [0.4, 0.5) is 0 Å². The van der Waals surface area contributed by atoms with Crippen LogP contribution in [-0.2, 0) is 31.3 Å². The van der Waals surface area contributed by atoms with Gasteiger partial charge in [0.15, 0.2) is 0 Å². The van der Waals surface area contributed by atoms with Gasteiger partial charge in [-0.3, -0.25) is 9.59 Å². The van der Waals surface area contributed by atoms with Gasteiger partial charge < -0.3 is 50.8 Å². The molecule has 6 atom stereocenters. The van der Waals surface area contributed by atoms with Crippen molar-refractivity contribution in [2.75, 3.05) is 13.2 Å². The SMILES string of the molecule is O=C(Cc1ccc(-c2ccc(O)cc2)cc1)NC[C@@H](O)[C@@H](O)[C@@H]1O[C@](C(=O)[O-])(n2cc(-c3ccc(-c4ccccc4)cc3)nn2)C[C@H](O)[C@H]1NC(=O)CO. The third-order valence-corrected chi connectivity index (χ3v) is 9.29. The number of phenols is 1. The van der Waals surface area contributed by atoms with E-state index < -0.39 is 73.5 Å². The average Bonchev–Trinajstić information content (AvgIpc) is 3.69. The van der Waals surface area contributed by atoms with E-state index in [1.807, 2.05) is 54.6 Å². The Morgan fingerprint density at radius 1 is 0.852 bits per heavy atom. The third kappa shape index (κ3) is 8.30. The second kappa shape index (κ2) is 16.4. The van der Waals surface area contributed by atoms with Crippen LogP contribution in [0.2, 0.25) is 0 Å². The standard InChI is InChI=1S/C39H39N5O10/c45-22-34(50)41-35-31(47)19-39(38(52)53,44-21-30(42-43-44)28-12-10-26(11-13-28)24-4-2-1-3-5-24)54-37(35)36(51)32(48)20-40-33(49)18-23-6-8-25(9-7-23)27-14-16-29(46)17-15-27/h1-17,21,31-32,35-37,45-48,51H,18-20,22H2,(H,40,49)(H,41,50)(H,52,53)/p-1/t31-,32+,35+,36+,37+,39+/m0/s1. The molecule has 0 bridgehead atoms. The molecule has 5 aromatic rings. The van der Waals surface area contributed by atoms with E-state index in [0.717, 1.165) is 26.9 Å². The molecular formula is C39H38N5O10-. The number of ether oxygens (including phenoxy) is 1. The monoisotopic (exact) mass is 736 g/mol. The number of aromatic nitrogens is 3. The summed E-state index contributed by atoms with van der Waals surface area (Å²) in [5, 5.41) is 78.1. The van der Waals surface area contributed by atoms with Crippen LogP contribution < -0.4 is 15.7 Å². The molecule has 0 spiro atoms. The number of aromatic hydroxyl groups is 1. The topological polar surface area (TPSA) is 239 Å².